The van der Waals surface area contributed by atoms with E-state index in [0.29, 0.717) is 11.3 Å². The first-order valence-electron chi connectivity index (χ1n) is 2.87. The number of halogens is 1. The molecule has 0 aliphatic rings. The van der Waals surface area contributed by atoms with Crippen molar-refractivity contribution in [3.8, 4) is 5.75 Å². The maximum absolute atomic E-state index is 11.9. The molecular formula is C7H8FNO. The predicted octanol–water partition coefficient (Wildman–Crippen LogP) is 1.44. The Hall–Kier alpha value is -1.25. The van der Waals surface area contributed by atoms with Gasteiger partial charge in [0, 0.05) is 11.8 Å². The van der Waals surface area contributed by atoms with Crippen molar-refractivity contribution >= 4 is 5.69 Å². The van der Waals surface area contributed by atoms with E-state index in [1.165, 1.54) is 18.2 Å². The number of hydrogen-bond acceptors (Lipinski definition) is 2. The lowest BCUT2D eigenvalue weighted by molar-refractivity contribution is 0.463. The van der Waals surface area contributed by atoms with Gasteiger partial charge in [0.1, 0.15) is 12.4 Å². The molecule has 0 amide bonds. The van der Waals surface area contributed by atoms with E-state index in [9.17, 15) is 4.39 Å². The molecule has 1 aromatic rings. The minimum atomic E-state index is -0.599. The zero-order valence-electron chi connectivity index (χ0n) is 5.34. The number of rotatable bonds is 1. The van der Waals surface area contributed by atoms with E-state index >= 15 is 0 Å². The Bertz CT molecular complexity index is 217. The molecule has 3 heteroatoms. The summed E-state index contributed by atoms with van der Waals surface area (Å²) >= 11 is 0. The van der Waals surface area contributed by atoms with E-state index in [0.717, 1.165) is 0 Å². The predicted molar refractivity (Wildman–Crippen MR) is 37.3 cm³/mol. The van der Waals surface area contributed by atoms with Gasteiger partial charge in [0.25, 0.3) is 0 Å². The molecule has 10 heavy (non-hydrogen) atoms. The molecule has 0 spiro atoms. The van der Waals surface area contributed by atoms with Crippen LogP contribution in [0.1, 0.15) is 5.56 Å². The Morgan fingerprint density at radius 1 is 1.40 bits per heavy atom. The molecule has 0 unspecified atom stereocenters. The van der Waals surface area contributed by atoms with Gasteiger partial charge < -0.3 is 10.8 Å². The normalized spacial score (nSPS) is 9.70. The molecule has 1 rings (SSSR count). The van der Waals surface area contributed by atoms with E-state index in [1.807, 2.05) is 0 Å². The van der Waals surface area contributed by atoms with Gasteiger partial charge in [-0.1, -0.05) is 0 Å². The van der Waals surface area contributed by atoms with Gasteiger partial charge in [0.05, 0.1) is 0 Å². The lowest BCUT2D eigenvalue weighted by Gasteiger charge is -1.97. The van der Waals surface area contributed by atoms with Crippen LogP contribution in [0, 0.1) is 0 Å². The van der Waals surface area contributed by atoms with Gasteiger partial charge in [0.2, 0.25) is 0 Å². The number of aromatic hydroxyl groups is 1. The monoisotopic (exact) mass is 141 g/mol. The second kappa shape index (κ2) is 2.56. The summed E-state index contributed by atoms with van der Waals surface area (Å²) in [7, 11) is 0. The van der Waals surface area contributed by atoms with Gasteiger partial charge >= 0.3 is 0 Å². The van der Waals surface area contributed by atoms with E-state index < -0.39 is 6.67 Å². The molecule has 0 saturated carbocycles. The fourth-order valence-electron chi connectivity index (χ4n) is 0.777. The van der Waals surface area contributed by atoms with Crippen LogP contribution in [0.3, 0.4) is 0 Å². The smallest absolute Gasteiger partial charge is 0.118 e. The topological polar surface area (TPSA) is 46.2 Å². The van der Waals surface area contributed by atoms with Crippen LogP contribution in [0.15, 0.2) is 18.2 Å². The molecular weight excluding hydrogens is 133 g/mol. The van der Waals surface area contributed by atoms with E-state index in [2.05, 4.69) is 0 Å². The van der Waals surface area contributed by atoms with Crippen LogP contribution in [0.5, 0.6) is 5.75 Å². The van der Waals surface area contributed by atoms with Crippen LogP contribution in [0.2, 0.25) is 0 Å². The highest BCUT2D eigenvalue weighted by Gasteiger charge is 1.95. The summed E-state index contributed by atoms with van der Waals surface area (Å²) in [6, 6.07) is 4.20. The second-order valence-electron chi connectivity index (χ2n) is 2.07. The van der Waals surface area contributed by atoms with Crippen molar-refractivity contribution in [3.05, 3.63) is 23.8 Å². The van der Waals surface area contributed by atoms with E-state index in [-0.39, 0.29) is 5.75 Å². The summed E-state index contributed by atoms with van der Waals surface area (Å²) < 4.78 is 11.9. The Morgan fingerprint density at radius 3 is 2.60 bits per heavy atom. The van der Waals surface area contributed by atoms with Crippen molar-refractivity contribution in [2.24, 2.45) is 0 Å². The van der Waals surface area contributed by atoms with Gasteiger partial charge in [-0.3, -0.25) is 0 Å². The maximum atomic E-state index is 11.9. The third-order valence-corrected chi connectivity index (χ3v) is 1.15. The summed E-state index contributed by atoms with van der Waals surface area (Å²) in [5, 5.41) is 8.88. The molecule has 0 aliphatic heterocycles. The summed E-state index contributed by atoms with van der Waals surface area (Å²) in [4.78, 5) is 0. The average Bonchev–Trinajstić information content (AvgIpc) is 1.85. The molecule has 0 saturated heterocycles. The average molecular weight is 141 g/mol. The van der Waals surface area contributed by atoms with Crippen LogP contribution in [0.4, 0.5) is 10.1 Å². The fourth-order valence-corrected chi connectivity index (χ4v) is 0.777. The fraction of sp³-hybridized carbons (Fsp3) is 0.143. The maximum Gasteiger partial charge on any atom is 0.118 e. The van der Waals surface area contributed by atoms with Crippen molar-refractivity contribution in [3.63, 3.8) is 0 Å². The highest BCUT2D eigenvalue weighted by molar-refractivity contribution is 5.46. The second-order valence-corrected chi connectivity index (χ2v) is 2.07. The largest absolute Gasteiger partial charge is 0.508 e. The van der Waals surface area contributed by atoms with Crippen LogP contribution in [0.25, 0.3) is 0 Å². The van der Waals surface area contributed by atoms with Gasteiger partial charge in [-0.05, 0) is 17.7 Å². The molecule has 3 N–H and O–H groups in total. The molecule has 0 fully saturated rings. The number of nitrogens with two attached hydrogens (primary N) is 1. The third kappa shape index (κ3) is 1.37. The van der Waals surface area contributed by atoms with Crippen LogP contribution in [-0.4, -0.2) is 5.11 Å². The van der Waals surface area contributed by atoms with Crippen molar-refractivity contribution in [2.45, 2.75) is 6.67 Å². The number of alkyl halides is 1. The molecule has 2 nitrogen and oxygen atoms in total. The van der Waals surface area contributed by atoms with Gasteiger partial charge in [0.15, 0.2) is 0 Å². The first kappa shape index (κ1) is 6.86. The zero-order valence-corrected chi connectivity index (χ0v) is 5.34. The summed E-state index contributed by atoms with van der Waals surface area (Å²) in [6.45, 7) is -0.599. The SMILES string of the molecule is Nc1cc(O)cc(CF)c1. The van der Waals surface area contributed by atoms with Gasteiger partial charge in [-0.25, -0.2) is 4.39 Å². The van der Waals surface area contributed by atoms with Crippen LogP contribution in [-0.2, 0) is 6.67 Å². The third-order valence-electron chi connectivity index (χ3n) is 1.15. The highest BCUT2D eigenvalue weighted by Crippen LogP contribution is 2.17. The Morgan fingerprint density at radius 2 is 2.10 bits per heavy atom. The van der Waals surface area contributed by atoms with Crippen LogP contribution < -0.4 is 5.73 Å². The van der Waals surface area contributed by atoms with Crippen molar-refractivity contribution in [1.29, 1.82) is 0 Å². The highest BCUT2D eigenvalue weighted by atomic mass is 19.1. The zero-order chi connectivity index (χ0) is 7.56. The minimum absolute atomic E-state index is 0.00708. The quantitative estimate of drug-likeness (QED) is 0.581. The number of phenols is 1. The molecule has 0 atom stereocenters. The number of anilines is 1. The number of phenolic OH excluding ortho intramolecular Hbond substituents is 1. The molecule has 1 aromatic carbocycles. The Balaban J connectivity index is 3.06. The summed E-state index contributed by atoms with van der Waals surface area (Å²) in [5.74, 6) is 0.00708. The molecule has 54 valence electrons. The lowest BCUT2D eigenvalue weighted by Crippen LogP contribution is -1.86. The van der Waals surface area contributed by atoms with E-state index in [4.69, 9.17) is 10.8 Å². The Kier molecular flexibility index (Phi) is 1.76. The summed E-state index contributed by atoms with van der Waals surface area (Å²) in [5.41, 5.74) is 6.09. The molecule has 0 radical (unpaired) electrons. The standard InChI is InChI=1S/C7H8FNO/c8-4-5-1-6(9)3-7(10)2-5/h1-3,10H,4,9H2. The molecule has 0 aliphatic carbocycles. The van der Waals surface area contributed by atoms with Crippen LogP contribution >= 0.6 is 0 Å². The summed E-state index contributed by atoms with van der Waals surface area (Å²) in [6.07, 6.45) is 0. The molecule has 0 bridgehead atoms. The number of hydrogen-bond donors (Lipinski definition) is 2. The van der Waals surface area contributed by atoms with Crippen molar-refractivity contribution in [2.75, 3.05) is 5.73 Å². The van der Waals surface area contributed by atoms with E-state index in [1.54, 1.807) is 0 Å². The number of nitrogen functional groups attached to an aromatic ring is 1. The molecule has 0 heterocycles. The first-order chi connectivity index (χ1) is 4.72. The first-order valence-corrected chi connectivity index (χ1v) is 2.87. The van der Waals surface area contributed by atoms with Crippen molar-refractivity contribution in [1.82, 2.24) is 0 Å². The lowest BCUT2D eigenvalue weighted by atomic mass is 10.2. The van der Waals surface area contributed by atoms with Gasteiger partial charge in [-0.15, -0.1) is 0 Å². The van der Waals surface area contributed by atoms with Crippen molar-refractivity contribution < 1.29 is 9.50 Å². The Labute approximate surface area is 58.1 Å². The number of benzene rings is 1. The van der Waals surface area contributed by atoms with Gasteiger partial charge in [-0.2, -0.15) is 0 Å². The minimum Gasteiger partial charge on any atom is -0.508 e. The molecule has 0 aromatic heterocycles.